The molecule has 2 aliphatic rings. The predicted octanol–water partition coefficient (Wildman–Crippen LogP) is 3.25. The molecule has 3 heterocycles. The summed E-state index contributed by atoms with van der Waals surface area (Å²) >= 11 is 0. The van der Waals surface area contributed by atoms with Gasteiger partial charge in [0.05, 0.1) is 23.9 Å². The molecular formula is C23H41N3O3S2. The monoisotopic (exact) mass is 471 g/mol. The first-order valence-corrected chi connectivity index (χ1v) is 10.9. The number of hydrogen-bond donors (Lipinski definition) is 0. The average molecular weight is 472 g/mol. The molecule has 0 bridgehead atoms. The van der Waals surface area contributed by atoms with Crippen molar-refractivity contribution in [3.8, 4) is 0 Å². The molecule has 31 heavy (non-hydrogen) atoms. The lowest BCUT2D eigenvalue weighted by Crippen LogP contribution is -2.61. The van der Waals surface area contributed by atoms with E-state index in [1.165, 1.54) is 0 Å². The number of carbonyl (C=O) groups excluding carboxylic acids is 1. The Kier molecular flexibility index (Phi) is 11.0. The van der Waals surface area contributed by atoms with Gasteiger partial charge in [0, 0.05) is 44.9 Å². The van der Waals surface area contributed by atoms with Crippen molar-refractivity contribution in [3.05, 3.63) is 30.1 Å². The van der Waals surface area contributed by atoms with E-state index in [1.807, 2.05) is 18.2 Å². The number of hydrogen-bond acceptors (Lipinski definition) is 6. The van der Waals surface area contributed by atoms with Crippen LogP contribution in [0.4, 0.5) is 0 Å². The summed E-state index contributed by atoms with van der Waals surface area (Å²) in [5, 5.41) is 0. The molecular weight excluding hydrogens is 430 g/mol. The van der Waals surface area contributed by atoms with Gasteiger partial charge in [0.1, 0.15) is 5.69 Å². The molecule has 0 N–H and O–H groups in total. The van der Waals surface area contributed by atoms with E-state index in [2.05, 4.69) is 49.5 Å². The zero-order valence-corrected chi connectivity index (χ0v) is 21.7. The zero-order valence-electron chi connectivity index (χ0n) is 19.7. The van der Waals surface area contributed by atoms with Crippen LogP contribution in [0.25, 0.3) is 0 Å². The molecule has 0 aromatic carbocycles. The van der Waals surface area contributed by atoms with Gasteiger partial charge in [-0.05, 0) is 59.7 Å². The molecule has 2 saturated heterocycles. The first-order valence-electron chi connectivity index (χ1n) is 10.9. The maximum Gasteiger partial charge on any atom is 0.201 e. The van der Waals surface area contributed by atoms with E-state index in [0.29, 0.717) is 24.8 Å². The molecule has 6 nitrogen and oxygen atoms in total. The Labute approximate surface area is 202 Å². The standard InChI is InChI=1S/C23H37N3O3.2H2S/c1-18(2)28-15-13-25(5)19-9-12-26(16-19)23(10-14-29-22(3,4)17-23)21(27)20-8-6-7-11-24-20;;/h6-8,11,18-19H,9-10,12-17H2,1-5H3;2*1H2/t19-,23-;;/m0../s1. The van der Waals surface area contributed by atoms with E-state index < -0.39 is 5.54 Å². The molecule has 0 unspecified atom stereocenters. The average Bonchev–Trinajstić information content (AvgIpc) is 3.18. The fourth-order valence-electron chi connectivity index (χ4n) is 4.79. The van der Waals surface area contributed by atoms with Crippen molar-refractivity contribution in [2.45, 2.75) is 70.2 Å². The van der Waals surface area contributed by atoms with Crippen molar-refractivity contribution in [2.75, 3.05) is 39.9 Å². The molecule has 3 rings (SSSR count). The van der Waals surface area contributed by atoms with Gasteiger partial charge in [-0.2, -0.15) is 27.0 Å². The minimum Gasteiger partial charge on any atom is -0.377 e. The highest BCUT2D eigenvalue weighted by Crippen LogP contribution is 2.40. The fraction of sp³-hybridized carbons (Fsp3) is 0.739. The van der Waals surface area contributed by atoms with Gasteiger partial charge in [-0.3, -0.25) is 19.6 Å². The maximum absolute atomic E-state index is 13.7. The minimum absolute atomic E-state index is 0. The SMILES string of the molecule is CC(C)OCCN(C)[C@H]1CCN([C@@]2(C(=O)c3ccccn3)CCOC(C)(C)C2)C1.S.S. The molecule has 0 aliphatic carbocycles. The third kappa shape index (κ3) is 6.92. The number of likely N-dealkylation sites (N-methyl/N-ethyl adjacent to an activating group) is 1. The molecule has 2 aliphatic heterocycles. The number of rotatable bonds is 8. The predicted molar refractivity (Wildman–Crippen MR) is 135 cm³/mol. The number of nitrogens with zero attached hydrogens (tertiary/aromatic N) is 3. The fourth-order valence-corrected chi connectivity index (χ4v) is 4.79. The second kappa shape index (κ2) is 12.0. The molecule has 0 radical (unpaired) electrons. The van der Waals surface area contributed by atoms with Gasteiger partial charge in [-0.1, -0.05) is 6.07 Å². The smallest absolute Gasteiger partial charge is 0.201 e. The first-order chi connectivity index (χ1) is 13.7. The minimum atomic E-state index is -0.542. The number of ether oxygens (including phenoxy) is 2. The summed E-state index contributed by atoms with van der Waals surface area (Å²) in [6, 6.07) is 6.03. The van der Waals surface area contributed by atoms with Crippen molar-refractivity contribution in [1.29, 1.82) is 0 Å². The second-order valence-electron chi connectivity index (χ2n) is 9.40. The molecule has 0 saturated carbocycles. The van der Waals surface area contributed by atoms with Crippen LogP contribution < -0.4 is 0 Å². The molecule has 178 valence electrons. The third-order valence-corrected chi connectivity index (χ3v) is 6.33. The van der Waals surface area contributed by atoms with E-state index in [1.54, 1.807) is 6.20 Å². The third-order valence-electron chi connectivity index (χ3n) is 6.33. The van der Waals surface area contributed by atoms with E-state index in [0.717, 1.165) is 39.1 Å². The number of likely N-dealkylation sites (tertiary alicyclic amines) is 1. The Morgan fingerprint density at radius 2 is 2.10 bits per heavy atom. The summed E-state index contributed by atoms with van der Waals surface area (Å²) in [6.07, 6.45) is 4.45. The van der Waals surface area contributed by atoms with Crippen molar-refractivity contribution in [3.63, 3.8) is 0 Å². The molecule has 2 atom stereocenters. The van der Waals surface area contributed by atoms with Crippen LogP contribution in [0, 0.1) is 0 Å². The van der Waals surface area contributed by atoms with E-state index in [9.17, 15) is 4.79 Å². The Balaban J connectivity index is 0.00000240. The van der Waals surface area contributed by atoms with Crippen molar-refractivity contribution < 1.29 is 14.3 Å². The van der Waals surface area contributed by atoms with Crippen molar-refractivity contribution in [2.24, 2.45) is 0 Å². The number of aromatic nitrogens is 1. The molecule has 0 amide bonds. The lowest BCUT2D eigenvalue weighted by molar-refractivity contribution is -0.104. The van der Waals surface area contributed by atoms with Gasteiger partial charge in [0.15, 0.2) is 0 Å². The molecule has 1 aromatic heterocycles. The summed E-state index contributed by atoms with van der Waals surface area (Å²) in [7, 11) is 2.17. The lowest BCUT2D eigenvalue weighted by atomic mass is 9.76. The highest BCUT2D eigenvalue weighted by molar-refractivity contribution is 7.59. The normalized spacial score (nSPS) is 25.8. The molecule has 0 spiro atoms. The van der Waals surface area contributed by atoms with Crippen LogP contribution >= 0.6 is 27.0 Å². The van der Waals surface area contributed by atoms with Crippen LogP contribution in [0.3, 0.4) is 0 Å². The highest BCUT2D eigenvalue weighted by Gasteiger charge is 2.52. The number of Topliss-reactive ketones (excluding diaryl/α,β-unsaturated/α-hetero) is 1. The Hall–Kier alpha value is -0.640. The number of carbonyl (C=O) groups is 1. The molecule has 1 aromatic rings. The first kappa shape index (κ1) is 28.4. The maximum atomic E-state index is 13.7. The van der Waals surface area contributed by atoms with Crippen LogP contribution in [0.1, 0.15) is 57.4 Å². The largest absolute Gasteiger partial charge is 0.377 e. The zero-order chi connectivity index (χ0) is 21.1. The van der Waals surface area contributed by atoms with Gasteiger partial charge in [-0.25, -0.2) is 0 Å². The Morgan fingerprint density at radius 1 is 1.35 bits per heavy atom. The van der Waals surface area contributed by atoms with Crippen LogP contribution in [-0.4, -0.2) is 83.7 Å². The second-order valence-corrected chi connectivity index (χ2v) is 9.40. The van der Waals surface area contributed by atoms with Gasteiger partial charge >= 0.3 is 0 Å². The van der Waals surface area contributed by atoms with Crippen LogP contribution in [0.15, 0.2) is 24.4 Å². The Morgan fingerprint density at radius 3 is 2.71 bits per heavy atom. The number of ketones is 1. The summed E-state index contributed by atoms with van der Waals surface area (Å²) in [6.45, 7) is 12.4. The number of pyridine rings is 1. The summed E-state index contributed by atoms with van der Waals surface area (Å²) in [4.78, 5) is 22.9. The van der Waals surface area contributed by atoms with Gasteiger partial charge in [0.25, 0.3) is 0 Å². The molecule has 2 fully saturated rings. The van der Waals surface area contributed by atoms with Gasteiger partial charge < -0.3 is 9.47 Å². The highest BCUT2D eigenvalue weighted by atomic mass is 32.1. The van der Waals surface area contributed by atoms with Gasteiger partial charge in [0.2, 0.25) is 5.78 Å². The lowest BCUT2D eigenvalue weighted by Gasteiger charge is -2.48. The molecule has 8 heteroatoms. The van der Waals surface area contributed by atoms with Crippen molar-refractivity contribution in [1.82, 2.24) is 14.8 Å². The summed E-state index contributed by atoms with van der Waals surface area (Å²) in [5.41, 5.74) is -0.301. The van der Waals surface area contributed by atoms with Crippen LogP contribution in [-0.2, 0) is 9.47 Å². The van der Waals surface area contributed by atoms with Crippen molar-refractivity contribution >= 4 is 32.8 Å². The van der Waals surface area contributed by atoms with Crippen LogP contribution in [0.2, 0.25) is 0 Å². The van der Waals surface area contributed by atoms with Gasteiger partial charge in [-0.15, -0.1) is 0 Å². The van der Waals surface area contributed by atoms with E-state index >= 15 is 0 Å². The quantitative estimate of drug-likeness (QED) is 0.543. The summed E-state index contributed by atoms with van der Waals surface area (Å²) < 4.78 is 11.7. The van der Waals surface area contributed by atoms with E-state index in [4.69, 9.17) is 9.47 Å². The summed E-state index contributed by atoms with van der Waals surface area (Å²) in [5.74, 6) is 0.140. The Bertz CT molecular complexity index is 690. The van der Waals surface area contributed by atoms with Crippen LogP contribution in [0.5, 0.6) is 0 Å². The topological polar surface area (TPSA) is 54.9 Å². The van der Waals surface area contributed by atoms with E-state index in [-0.39, 0.29) is 44.5 Å².